The third-order valence-corrected chi connectivity index (χ3v) is 1.46. The van der Waals surface area contributed by atoms with Crippen LogP contribution in [-0.4, -0.2) is 67.1 Å². The number of carboxylic acid groups (broad SMARTS) is 7. The molecule has 0 radical (unpaired) electrons. The molecule has 0 fully saturated rings. The van der Waals surface area contributed by atoms with Crippen molar-refractivity contribution in [2.24, 2.45) is 0 Å². The zero-order valence-corrected chi connectivity index (χ0v) is 19.8. The van der Waals surface area contributed by atoms with Gasteiger partial charge in [-0.1, -0.05) is 0 Å². The molecule has 0 aromatic carbocycles. The molecule has 17 heteroatoms. The minimum absolute atomic E-state index is 0. The smallest absolute Gasteiger partial charge is 0.652 e. The fourth-order valence-electron chi connectivity index (χ4n) is 0.714. The third kappa shape index (κ3) is 31.4. The molecule has 0 aliphatic heterocycles. The van der Waals surface area contributed by atoms with E-state index in [2.05, 4.69) is 0 Å². The van der Waals surface area contributed by atoms with E-state index < -0.39 is 54.4 Å². The molecular formula is C9H9Na3O14. The number of rotatable bonds is 5. The van der Waals surface area contributed by atoms with Crippen LogP contribution in [0.25, 0.3) is 0 Å². The van der Waals surface area contributed by atoms with Crippen molar-refractivity contribution in [3.8, 4) is 0 Å². The first kappa shape index (κ1) is 40.3. The van der Waals surface area contributed by atoms with Crippen LogP contribution in [0, 0.1) is 0 Å². The summed E-state index contributed by atoms with van der Waals surface area (Å²) in [5, 5.41) is 66.8. The standard InChI is InChI=1S/C6H8O7.C2H2O4.CH2O3.3Na/c7-3(8)1-6(13,5(11)12)2-4(9)10;3-1(4)2(5)6;2-1(3)4;;;/h13H,1-2H2,(H,7,8)(H,9,10)(H,11,12);(H,3,4)(H,5,6);(H2,2,3,4);;;/q;;;3*+1/p-3. The van der Waals surface area contributed by atoms with E-state index >= 15 is 0 Å². The predicted molar refractivity (Wildman–Crippen MR) is 55.1 cm³/mol. The van der Waals surface area contributed by atoms with Gasteiger partial charge in [-0.25, -0.2) is 9.59 Å². The maximum Gasteiger partial charge on any atom is 1.00 e. The van der Waals surface area contributed by atoms with Gasteiger partial charge >= 0.3 is 113 Å². The molecule has 0 bridgehead atoms. The summed E-state index contributed by atoms with van der Waals surface area (Å²) in [4.78, 5) is 56.8. The minimum atomic E-state index is -2.74. The topological polar surface area (TPSA) is 273 Å². The van der Waals surface area contributed by atoms with Crippen LogP contribution in [0.5, 0.6) is 0 Å². The van der Waals surface area contributed by atoms with Crippen LogP contribution in [-0.2, 0) is 24.0 Å². The van der Waals surface area contributed by atoms with E-state index in [1.807, 2.05) is 0 Å². The van der Waals surface area contributed by atoms with Gasteiger partial charge in [0.2, 0.25) is 0 Å². The van der Waals surface area contributed by atoms with Gasteiger partial charge in [0.1, 0.15) is 0 Å². The van der Waals surface area contributed by atoms with Gasteiger partial charge in [0.15, 0.2) is 11.6 Å². The van der Waals surface area contributed by atoms with Gasteiger partial charge in [-0.05, 0) is 6.16 Å². The summed E-state index contributed by atoms with van der Waals surface area (Å²) in [5.74, 6) is -9.03. The number of carbonyl (C=O) groups is 6. The van der Waals surface area contributed by atoms with Crippen LogP contribution in [0.2, 0.25) is 0 Å². The van der Waals surface area contributed by atoms with Crippen LogP contribution in [0.1, 0.15) is 12.8 Å². The fraction of sp³-hybridized carbons (Fsp3) is 0.333. The Morgan fingerprint density at radius 3 is 0.962 bits per heavy atom. The van der Waals surface area contributed by atoms with Crippen LogP contribution >= 0.6 is 0 Å². The van der Waals surface area contributed by atoms with E-state index in [-0.39, 0.29) is 88.7 Å². The number of hydrogen-bond acceptors (Lipinski definition) is 10. The summed E-state index contributed by atoms with van der Waals surface area (Å²) in [5.41, 5.74) is -2.74. The van der Waals surface area contributed by atoms with Gasteiger partial charge < -0.3 is 50.4 Å². The van der Waals surface area contributed by atoms with E-state index in [1.54, 1.807) is 0 Å². The van der Waals surface area contributed by atoms with E-state index in [0.717, 1.165) is 0 Å². The molecule has 0 saturated heterocycles. The van der Waals surface area contributed by atoms with Gasteiger partial charge in [-0.3, -0.25) is 9.59 Å². The summed E-state index contributed by atoms with van der Waals surface area (Å²) in [6.07, 6.45) is -4.62. The van der Waals surface area contributed by atoms with E-state index in [0.29, 0.717) is 0 Å². The van der Waals surface area contributed by atoms with E-state index in [1.165, 1.54) is 0 Å². The quantitative estimate of drug-likeness (QED) is 0.208. The second-order valence-corrected chi connectivity index (χ2v) is 3.32. The van der Waals surface area contributed by atoms with E-state index in [4.69, 9.17) is 55.2 Å². The van der Waals surface area contributed by atoms with Gasteiger partial charge in [-0.2, -0.15) is 0 Å². The Kier molecular flexibility index (Phi) is 32.4. The molecule has 14 nitrogen and oxygen atoms in total. The molecule has 5 N–H and O–H groups in total. The summed E-state index contributed by atoms with van der Waals surface area (Å²) in [7, 11) is 0. The zero-order chi connectivity index (χ0) is 19.4. The summed E-state index contributed by atoms with van der Waals surface area (Å²) in [6.45, 7) is 0. The van der Waals surface area contributed by atoms with Crippen molar-refractivity contribution in [2.75, 3.05) is 0 Å². The Balaban J connectivity index is -0.0000000655. The van der Waals surface area contributed by atoms with Crippen molar-refractivity contribution >= 4 is 36.0 Å². The normalized spacial score (nSPS) is 8.04. The average Bonchev–Trinajstić information content (AvgIpc) is 2.25. The Morgan fingerprint density at radius 1 is 0.692 bits per heavy atom. The second-order valence-electron chi connectivity index (χ2n) is 3.32. The van der Waals surface area contributed by atoms with Crippen LogP contribution in [0.15, 0.2) is 0 Å². The molecule has 0 spiro atoms. The first-order valence-electron chi connectivity index (χ1n) is 4.87. The first-order valence-corrected chi connectivity index (χ1v) is 4.87. The number of hydrogen-bond donors (Lipinski definition) is 5. The van der Waals surface area contributed by atoms with Crippen molar-refractivity contribution < 1.29 is 158 Å². The first-order chi connectivity index (χ1) is 10.2. The van der Waals surface area contributed by atoms with Crippen molar-refractivity contribution in [1.29, 1.82) is 0 Å². The summed E-state index contributed by atoms with van der Waals surface area (Å²) < 4.78 is 0. The SMILES string of the molecule is O=C(O)CC(O)(CC(=O)O)C(=O)O.O=C([O-])C(=O)O.O=C([O-])[O-].[Na+].[Na+].[Na+]. The number of carbonyl (C=O) groups excluding carboxylic acids is 2. The van der Waals surface area contributed by atoms with Crippen molar-refractivity contribution in [3.63, 3.8) is 0 Å². The Hall–Kier alpha value is -0.420. The van der Waals surface area contributed by atoms with Crippen LogP contribution in [0.3, 0.4) is 0 Å². The molecule has 0 saturated carbocycles. The van der Waals surface area contributed by atoms with Gasteiger partial charge in [-0.15, -0.1) is 0 Å². The van der Waals surface area contributed by atoms with E-state index in [9.17, 15) is 14.4 Å². The van der Waals surface area contributed by atoms with Gasteiger partial charge in [0.25, 0.3) is 0 Å². The molecule has 0 rings (SSSR count). The van der Waals surface area contributed by atoms with Crippen LogP contribution in [0.4, 0.5) is 4.79 Å². The molecule has 0 heterocycles. The fourth-order valence-corrected chi connectivity index (χ4v) is 0.714. The van der Waals surface area contributed by atoms with Crippen molar-refractivity contribution in [3.05, 3.63) is 0 Å². The minimum Gasteiger partial charge on any atom is -0.652 e. The van der Waals surface area contributed by atoms with Gasteiger partial charge in [0, 0.05) is 0 Å². The molecule has 26 heavy (non-hydrogen) atoms. The Labute approximate surface area is 210 Å². The van der Waals surface area contributed by atoms with Crippen molar-refractivity contribution in [1.82, 2.24) is 0 Å². The molecule has 0 aliphatic rings. The molecule has 0 aromatic heterocycles. The third-order valence-electron chi connectivity index (χ3n) is 1.46. The monoisotopic (exact) mass is 410 g/mol. The number of aliphatic hydroxyl groups is 1. The average molecular weight is 410 g/mol. The second kappa shape index (κ2) is 20.9. The molecular weight excluding hydrogens is 401 g/mol. The maximum atomic E-state index is 10.3. The number of carboxylic acids is 5. The van der Waals surface area contributed by atoms with Crippen molar-refractivity contribution in [2.45, 2.75) is 18.4 Å². The predicted octanol–water partition coefficient (Wildman–Crippen LogP) is -14.9. The Morgan fingerprint density at radius 2 is 0.885 bits per heavy atom. The van der Waals surface area contributed by atoms with Crippen LogP contribution < -0.4 is 104 Å². The summed E-state index contributed by atoms with van der Waals surface area (Å²) >= 11 is 0. The molecule has 0 aromatic rings. The molecule has 0 amide bonds. The number of aliphatic carboxylic acids is 5. The zero-order valence-electron chi connectivity index (χ0n) is 13.8. The molecule has 0 atom stereocenters. The summed E-state index contributed by atoms with van der Waals surface area (Å²) in [6, 6.07) is 0. The molecule has 0 aliphatic carbocycles. The maximum absolute atomic E-state index is 10.3. The largest absolute Gasteiger partial charge is 1.00 e. The molecule has 132 valence electrons. The molecule has 0 unspecified atom stereocenters. The van der Waals surface area contributed by atoms with Gasteiger partial charge in [0.05, 0.1) is 12.8 Å². The Bertz CT molecular complexity index is 458.